The molecule has 0 saturated heterocycles. The number of hydrogen-bond donors (Lipinski definition) is 0. The van der Waals surface area contributed by atoms with Crippen LogP contribution in [-0.4, -0.2) is 6.22 Å². The van der Waals surface area contributed by atoms with Gasteiger partial charge in [-0.25, -0.2) is 0 Å². The zero-order chi connectivity index (χ0) is 4.12. The van der Waals surface area contributed by atoms with Crippen molar-refractivity contribution in [3.05, 3.63) is 0 Å². The number of hydrogen-bond acceptors (Lipinski definition) is 0. The van der Waals surface area contributed by atoms with Gasteiger partial charge in [0.05, 0.1) is 0 Å². The van der Waals surface area contributed by atoms with E-state index in [-0.39, 0.29) is 0 Å². The predicted octanol–water partition coefficient (Wildman–Crippen LogP) is 0.981. The quantitative estimate of drug-likeness (QED) is 0.640. The van der Waals surface area contributed by atoms with Gasteiger partial charge in [-0.15, -0.1) is 0 Å². The van der Waals surface area contributed by atoms with Crippen molar-refractivity contribution in [2.75, 3.05) is 0 Å². The van der Waals surface area contributed by atoms with Crippen molar-refractivity contribution in [3.63, 3.8) is 0 Å². The standard InChI is InChI=1S/C3H7Si.Hf/c1-2-3-4;/h2-3H2,1H3;/q;+2. The van der Waals surface area contributed by atoms with Gasteiger partial charge in [-0.3, -0.25) is 0 Å². The van der Waals surface area contributed by atoms with Gasteiger partial charge in [0.25, 0.3) is 0 Å². The first-order chi connectivity index (χ1) is 2.41. The first-order valence-electron chi connectivity index (χ1n) is 1.81. The molecule has 0 aliphatic rings. The van der Waals surface area contributed by atoms with Crippen molar-refractivity contribution in [2.24, 2.45) is 0 Å². The fraction of sp³-hybridized carbons (Fsp3) is 1.00. The Balaban J connectivity index is 2.40. The molecule has 0 heterocycles. The van der Waals surface area contributed by atoms with Crippen LogP contribution in [0, 0.1) is 0 Å². The van der Waals surface area contributed by atoms with Crippen LogP contribution in [-0.2, 0) is 23.0 Å². The molecule has 25 valence electrons. The van der Waals surface area contributed by atoms with Crippen LogP contribution in [0.25, 0.3) is 0 Å². The molecular formula is C3H7HfSi+2. The Morgan fingerprint density at radius 1 is 1.80 bits per heavy atom. The summed E-state index contributed by atoms with van der Waals surface area (Å²) in [6.45, 7) is 2.24. The SMILES string of the molecule is CCC[Si]=[Hf+2]. The van der Waals surface area contributed by atoms with Crippen LogP contribution in [0.5, 0.6) is 0 Å². The van der Waals surface area contributed by atoms with E-state index >= 15 is 0 Å². The molecule has 0 aliphatic heterocycles. The van der Waals surface area contributed by atoms with Crippen LogP contribution < -0.4 is 0 Å². The molecule has 5 heavy (non-hydrogen) atoms. The van der Waals surface area contributed by atoms with Gasteiger partial charge in [0.2, 0.25) is 0 Å². The van der Waals surface area contributed by atoms with Gasteiger partial charge in [-0.2, -0.15) is 0 Å². The summed E-state index contributed by atoms with van der Waals surface area (Å²) in [5.74, 6) is 0. The summed E-state index contributed by atoms with van der Waals surface area (Å²) in [5, 5.41) is 0. The molecule has 0 aliphatic carbocycles. The van der Waals surface area contributed by atoms with Gasteiger partial charge < -0.3 is 0 Å². The van der Waals surface area contributed by atoms with Gasteiger partial charge in [0, 0.05) is 0 Å². The zero-order valence-corrected chi connectivity index (χ0v) is 8.01. The maximum absolute atomic E-state index is 2.24. The van der Waals surface area contributed by atoms with E-state index < -0.39 is 0 Å². The van der Waals surface area contributed by atoms with Crippen LogP contribution >= 0.6 is 0 Å². The van der Waals surface area contributed by atoms with E-state index in [1.165, 1.54) is 41.7 Å². The Labute approximate surface area is 48.7 Å². The van der Waals surface area contributed by atoms with E-state index in [9.17, 15) is 0 Å². The molecule has 0 bridgehead atoms. The fourth-order valence-electron chi connectivity index (χ4n) is 0.125. The summed E-state index contributed by atoms with van der Waals surface area (Å²) in [4.78, 5) is 0. The molecule has 0 amide bonds. The van der Waals surface area contributed by atoms with E-state index in [1.807, 2.05) is 0 Å². The molecule has 0 aromatic heterocycles. The minimum absolute atomic E-state index is 1.30. The summed E-state index contributed by atoms with van der Waals surface area (Å²) in [7, 11) is 0. The second kappa shape index (κ2) is 5.09. The molecule has 0 atom stereocenters. The Hall–Kier alpha value is 1.09. The average Bonchev–Trinajstić information content (AvgIpc) is 1.41. The average molecular weight is 250 g/mol. The third-order valence-corrected chi connectivity index (χ3v) is 3.82. The summed E-state index contributed by atoms with van der Waals surface area (Å²) >= 11 is 1.43. The minimum atomic E-state index is 1.30. The van der Waals surface area contributed by atoms with Crippen LogP contribution in [0.2, 0.25) is 6.04 Å². The molecule has 0 N–H and O–H groups in total. The molecule has 0 unspecified atom stereocenters. The van der Waals surface area contributed by atoms with Gasteiger partial charge in [0.15, 0.2) is 0 Å². The van der Waals surface area contributed by atoms with Crippen molar-refractivity contribution < 1.29 is 23.0 Å². The summed E-state index contributed by atoms with van der Waals surface area (Å²) in [5.41, 5.74) is 0. The zero-order valence-electron chi connectivity index (χ0n) is 3.41. The monoisotopic (exact) mass is 251 g/mol. The molecule has 1 radical (unpaired) electrons. The van der Waals surface area contributed by atoms with E-state index in [2.05, 4.69) is 6.92 Å². The van der Waals surface area contributed by atoms with Crippen LogP contribution in [0.3, 0.4) is 0 Å². The Morgan fingerprint density at radius 3 is 2.40 bits per heavy atom. The fourth-order valence-corrected chi connectivity index (χ4v) is 3.07. The second-order valence-electron chi connectivity index (χ2n) is 0.927. The third-order valence-electron chi connectivity index (χ3n) is 0.375. The molecule has 0 saturated carbocycles. The Morgan fingerprint density at radius 2 is 2.40 bits per heavy atom. The van der Waals surface area contributed by atoms with E-state index in [0.29, 0.717) is 0 Å². The first-order valence-corrected chi connectivity index (χ1v) is 8.41. The van der Waals surface area contributed by atoms with E-state index in [1.54, 1.807) is 0 Å². The van der Waals surface area contributed by atoms with E-state index in [0.717, 1.165) is 0 Å². The van der Waals surface area contributed by atoms with Crippen molar-refractivity contribution in [2.45, 2.75) is 19.4 Å². The molecule has 0 aromatic carbocycles. The summed E-state index contributed by atoms with van der Waals surface area (Å²) in [6.07, 6.45) is 2.69. The Kier molecular flexibility index (Phi) is 6.19. The van der Waals surface area contributed by atoms with Crippen molar-refractivity contribution in [1.82, 2.24) is 0 Å². The maximum atomic E-state index is 2.24. The molecule has 0 spiro atoms. The van der Waals surface area contributed by atoms with Gasteiger partial charge >= 0.3 is 48.6 Å². The normalized spacial score (nSPS) is 7.80. The predicted molar refractivity (Wildman–Crippen MR) is 20.9 cm³/mol. The third kappa shape index (κ3) is 5.09. The van der Waals surface area contributed by atoms with Crippen molar-refractivity contribution in [3.8, 4) is 0 Å². The molecule has 0 fully saturated rings. The molecule has 2 heteroatoms. The van der Waals surface area contributed by atoms with Crippen LogP contribution in [0.15, 0.2) is 0 Å². The number of rotatable bonds is 2. The summed E-state index contributed by atoms with van der Waals surface area (Å²) < 4.78 is 0. The van der Waals surface area contributed by atoms with Gasteiger partial charge in [-0.05, 0) is 0 Å². The van der Waals surface area contributed by atoms with Gasteiger partial charge in [0.1, 0.15) is 0 Å². The van der Waals surface area contributed by atoms with E-state index in [4.69, 9.17) is 0 Å². The topological polar surface area (TPSA) is 0 Å². The van der Waals surface area contributed by atoms with Gasteiger partial charge in [-0.1, -0.05) is 0 Å². The van der Waals surface area contributed by atoms with Crippen LogP contribution in [0.4, 0.5) is 0 Å². The van der Waals surface area contributed by atoms with Crippen LogP contribution in [0.1, 0.15) is 13.3 Å². The molecule has 0 aromatic rings. The molecular weight excluding hydrogens is 243 g/mol. The van der Waals surface area contributed by atoms with Crippen molar-refractivity contribution >= 4 is 6.22 Å². The molecule has 0 rings (SSSR count). The first kappa shape index (κ1) is 6.09. The Bertz CT molecular complexity index is 28.1. The van der Waals surface area contributed by atoms with Crippen molar-refractivity contribution in [1.29, 1.82) is 0 Å². The molecule has 0 nitrogen and oxygen atoms in total. The second-order valence-corrected chi connectivity index (χ2v) is 5.59. The summed E-state index contributed by atoms with van der Waals surface area (Å²) in [6, 6.07) is 1.48.